The number of nitrogens with zero attached hydrogens (tertiary/aromatic N) is 3. The SMILES string of the molecule is C=CN(/C=C\N)C(=S)n1ccnc1. The second-order valence-corrected chi connectivity index (χ2v) is 2.55. The lowest BCUT2D eigenvalue weighted by molar-refractivity contribution is 0.737. The summed E-state index contributed by atoms with van der Waals surface area (Å²) in [6.45, 7) is 3.61. The van der Waals surface area contributed by atoms with Gasteiger partial charge in [0.2, 0.25) is 0 Å². The van der Waals surface area contributed by atoms with Crippen molar-refractivity contribution in [2.45, 2.75) is 0 Å². The molecule has 0 aliphatic carbocycles. The molecule has 0 amide bonds. The molecule has 13 heavy (non-hydrogen) atoms. The predicted octanol–water partition coefficient (Wildman–Crippen LogP) is 0.891. The zero-order valence-electron chi connectivity index (χ0n) is 7.00. The summed E-state index contributed by atoms with van der Waals surface area (Å²) in [5, 5.41) is 0.550. The second-order valence-electron chi connectivity index (χ2n) is 2.18. The number of imidazole rings is 1. The van der Waals surface area contributed by atoms with Gasteiger partial charge in [0.15, 0.2) is 5.11 Å². The molecule has 0 saturated heterocycles. The van der Waals surface area contributed by atoms with Gasteiger partial charge in [-0.15, -0.1) is 0 Å². The molecule has 1 aromatic heterocycles. The molecule has 0 aromatic carbocycles. The van der Waals surface area contributed by atoms with Crippen LogP contribution >= 0.6 is 12.2 Å². The van der Waals surface area contributed by atoms with Crippen LogP contribution in [0.2, 0.25) is 0 Å². The van der Waals surface area contributed by atoms with Crippen LogP contribution < -0.4 is 5.73 Å². The van der Waals surface area contributed by atoms with Crippen LogP contribution in [0.25, 0.3) is 0 Å². The van der Waals surface area contributed by atoms with E-state index in [0.29, 0.717) is 5.11 Å². The lowest BCUT2D eigenvalue weighted by atomic mass is 10.7. The van der Waals surface area contributed by atoms with Crippen molar-refractivity contribution in [2.24, 2.45) is 5.73 Å². The minimum atomic E-state index is 0.550. The fourth-order valence-corrected chi connectivity index (χ4v) is 1.04. The highest BCUT2D eigenvalue weighted by molar-refractivity contribution is 7.80. The Balaban J connectivity index is 2.82. The molecular formula is C8H10N4S. The highest BCUT2D eigenvalue weighted by Gasteiger charge is 2.03. The van der Waals surface area contributed by atoms with Crippen molar-refractivity contribution in [3.05, 3.63) is 43.9 Å². The number of rotatable bonds is 2. The first-order valence-corrected chi connectivity index (χ1v) is 4.02. The van der Waals surface area contributed by atoms with Crippen molar-refractivity contribution < 1.29 is 0 Å². The lowest BCUT2D eigenvalue weighted by Gasteiger charge is -2.15. The van der Waals surface area contributed by atoms with Gasteiger partial charge < -0.3 is 5.73 Å². The third-order valence-corrected chi connectivity index (χ3v) is 1.81. The summed E-state index contributed by atoms with van der Waals surface area (Å²) >= 11 is 5.13. The van der Waals surface area contributed by atoms with Crippen LogP contribution in [0, 0.1) is 0 Å². The summed E-state index contributed by atoms with van der Waals surface area (Å²) in [5.41, 5.74) is 5.24. The van der Waals surface area contributed by atoms with Crippen LogP contribution in [0.5, 0.6) is 0 Å². The number of aromatic nitrogens is 2. The molecule has 1 heterocycles. The molecule has 0 spiro atoms. The van der Waals surface area contributed by atoms with Crippen molar-refractivity contribution in [3.63, 3.8) is 0 Å². The molecule has 4 nitrogen and oxygen atoms in total. The molecule has 0 unspecified atom stereocenters. The smallest absolute Gasteiger partial charge is 0.189 e. The fraction of sp³-hybridized carbons (Fsp3) is 0. The molecule has 0 aliphatic rings. The van der Waals surface area contributed by atoms with Gasteiger partial charge in [-0.3, -0.25) is 9.47 Å². The Morgan fingerprint density at radius 1 is 1.69 bits per heavy atom. The maximum absolute atomic E-state index is 5.24. The van der Waals surface area contributed by atoms with Gasteiger partial charge in [-0.25, -0.2) is 4.98 Å². The topological polar surface area (TPSA) is 47.1 Å². The van der Waals surface area contributed by atoms with Gasteiger partial charge >= 0.3 is 0 Å². The summed E-state index contributed by atoms with van der Waals surface area (Å²) in [6, 6.07) is 0. The monoisotopic (exact) mass is 194 g/mol. The first-order valence-electron chi connectivity index (χ1n) is 3.61. The second kappa shape index (κ2) is 4.42. The van der Waals surface area contributed by atoms with Gasteiger partial charge in [-0.2, -0.15) is 0 Å². The van der Waals surface area contributed by atoms with Crippen LogP contribution in [0.4, 0.5) is 0 Å². The van der Waals surface area contributed by atoms with Gasteiger partial charge in [-0.1, -0.05) is 6.58 Å². The predicted molar refractivity (Wildman–Crippen MR) is 55.6 cm³/mol. The number of nitrogens with two attached hydrogens (primary N) is 1. The molecule has 0 aliphatic heterocycles. The molecule has 0 fully saturated rings. The van der Waals surface area contributed by atoms with Gasteiger partial charge in [0.25, 0.3) is 0 Å². The summed E-state index contributed by atoms with van der Waals surface area (Å²) in [6.07, 6.45) is 9.61. The van der Waals surface area contributed by atoms with E-state index in [0.717, 1.165) is 0 Å². The zero-order chi connectivity index (χ0) is 9.68. The Labute approximate surface area is 82.0 Å². The lowest BCUT2D eigenvalue weighted by Crippen LogP contribution is -2.24. The molecule has 0 bridgehead atoms. The van der Waals surface area contributed by atoms with Crippen molar-refractivity contribution in [1.29, 1.82) is 0 Å². The Morgan fingerprint density at radius 3 is 2.92 bits per heavy atom. The van der Waals surface area contributed by atoms with E-state index >= 15 is 0 Å². The van der Waals surface area contributed by atoms with E-state index in [1.165, 1.54) is 6.20 Å². The molecule has 1 aromatic rings. The Hall–Kier alpha value is -1.62. The molecule has 1 rings (SSSR count). The normalized spacial score (nSPS) is 10.2. The van der Waals surface area contributed by atoms with E-state index in [1.807, 2.05) is 0 Å². The summed E-state index contributed by atoms with van der Waals surface area (Å²) in [4.78, 5) is 5.50. The van der Waals surface area contributed by atoms with Crippen LogP contribution in [0.3, 0.4) is 0 Å². The average molecular weight is 194 g/mol. The Kier molecular flexibility index (Phi) is 3.22. The first-order chi connectivity index (χ1) is 6.29. The van der Waals surface area contributed by atoms with Gasteiger partial charge in [0.1, 0.15) is 6.33 Å². The van der Waals surface area contributed by atoms with Gasteiger partial charge in [0, 0.05) is 31.0 Å². The highest BCUT2D eigenvalue weighted by Crippen LogP contribution is 1.97. The number of hydrogen-bond donors (Lipinski definition) is 1. The minimum Gasteiger partial charge on any atom is -0.403 e. The van der Waals surface area contributed by atoms with E-state index < -0.39 is 0 Å². The molecular weight excluding hydrogens is 184 g/mol. The van der Waals surface area contributed by atoms with Crippen molar-refractivity contribution in [2.75, 3.05) is 0 Å². The van der Waals surface area contributed by atoms with E-state index in [-0.39, 0.29) is 0 Å². The van der Waals surface area contributed by atoms with E-state index in [4.69, 9.17) is 18.0 Å². The fourth-order valence-electron chi connectivity index (χ4n) is 0.801. The first kappa shape index (κ1) is 9.47. The van der Waals surface area contributed by atoms with Gasteiger partial charge in [0.05, 0.1) is 0 Å². The molecule has 68 valence electrons. The molecule has 0 atom stereocenters. The summed E-state index contributed by atoms with van der Waals surface area (Å²) in [7, 11) is 0. The van der Waals surface area contributed by atoms with Crippen LogP contribution in [0.15, 0.2) is 43.9 Å². The number of thiocarbonyl (C=S) groups is 1. The van der Waals surface area contributed by atoms with E-state index in [2.05, 4.69) is 11.6 Å². The van der Waals surface area contributed by atoms with Crippen molar-refractivity contribution in [1.82, 2.24) is 14.5 Å². The standard InChI is InChI=1S/C8H10N4S/c1-2-11(5-3-9)8(13)12-6-4-10-7-12/h2-7H,1,9H2/b5-3-. The average Bonchev–Trinajstić information content (AvgIpc) is 2.65. The maximum Gasteiger partial charge on any atom is 0.189 e. The molecule has 2 N–H and O–H groups in total. The van der Waals surface area contributed by atoms with Crippen LogP contribution in [-0.4, -0.2) is 19.6 Å². The quantitative estimate of drug-likeness (QED) is 0.710. The van der Waals surface area contributed by atoms with Crippen molar-refractivity contribution in [3.8, 4) is 0 Å². The summed E-state index contributed by atoms with van der Waals surface area (Å²) < 4.78 is 1.69. The number of hydrogen-bond acceptors (Lipinski definition) is 3. The van der Waals surface area contributed by atoms with Crippen LogP contribution in [0.1, 0.15) is 0 Å². The molecule has 0 radical (unpaired) electrons. The Morgan fingerprint density at radius 2 is 2.46 bits per heavy atom. The van der Waals surface area contributed by atoms with E-state index in [9.17, 15) is 0 Å². The highest BCUT2D eigenvalue weighted by atomic mass is 32.1. The van der Waals surface area contributed by atoms with Crippen LogP contribution in [-0.2, 0) is 0 Å². The molecule has 0 saturated carbocycles. The zero-order valence-corrected chi connectivity index (χ0v) is 7.81. The largest absolute Gasteiger partial charge is 0.403 e. The van der Waals surface area contributed by atoms with E-state index in [1.54, 1.807) is 40.6 Å². The third-order valence-electron chi connectivity index (χ3n) is 1.39. The van der Waals surface area contributed by atoms with Crippen molar-refractivity contribution >= 4 is 17.3 Å². The Bertz CT molecular complexity index is 315. The molecule has 5 heteroatoms. The maximum atomic E-state index is 5.24. The summed E-state index contributed by atoms with van der Waals surface area (Å²) in [5.74, 6) is 0. The minimum absolute atomic E-state index is 0.550. The van der Waals surface area contributed by atoms with Gasteiger partial charge in [-0.05, 0) is 12.2 Å². The third kappa shape index (κ3) is 2.16.